The number of hydrogen-bond donors (Lipinski definition) is 1. The molecule has 0 spiro atoms. The molecule has 110 valence electrons. The monoisotopic (exact) mass is 361 g/mol. The van der Waals surface area contributed by atoms with E-state index in [4.69, 9.17) is 0 Å². The number of H-pyrrole nitrogens is 1. The zero-order valence-electron chi connectivity index (χ0n) is 10.1. The van der Waals surface area contributed by atoms with Gasteiger partial charge in [-0.05, 0) is 28.1 Å². The van der Waals surface area contributed by atoms with Crippen molar-refractivity contribution in [2.75, 3.05) is 0 Å². The van der Waals surface area contributed by atoms with Gasteiger partial charge in [-0.15, -0.1) is 0 Å². The minimum absolute atomic E-state index is 0.0223. The van der Waals surface area contributed by atoms with Crippen molar-refractivity contribution >= 4 is 21.6 Å². The molecule has 2 rings (SSSR count). The Bertz CT molecular complexity index is 846. The van der Waals surface area contributed by atoms with Crippen LogP contribution in [0, 0.1) is 21.7 Å². The third kappa shape index (κ3) is 2.89. The molecule has 1 heterocycles. The van der Waals surface area contributed by atoms with E-state index in [-0.39, 0.29) is 4.47 Å². The molecule has 0 bridgehead atoms. The Labute approximate surface area is 123 Å². The molecule has 2 aromatic rings. The number of nitro groups is 1. The first kappa shape index (κ1) is 15.0. The van der Waals surface area contributed by atoms with Gasteiger partial charge in [0, 0.05) is 5.56 Å². The average molecular weight is 362 g/mol. The average Bonchev–Trinajstić information content (AvgIpc) is 2.41. The number of nitrogens with zero attached hydrogens (tertiary/aromatic N) is 2. The fourth-order valence-electron chi connectivity index (χ4n) is 1.63. The quantitative estimate of drug-likeness (QED) is 0.509. The van der Waals surface area contributed by atoms with Crippen LogP contribution in [0.15, 0.2) is 32.4 Å². The van der Waals surface area contributed by atoms with E-state index in [1.807, 2.05) is 0 Å². The molecule has 7 nitrogen and oxygen atoms in total. The lowest BCUT2D eigenvalue weighted by Gasteiger charge is -2.08. The lowest BCUT2D eigenvalue weighted by atomic mass is 10.2. The second-order valence-electron chi connectivity index (χ2n) is 3.98. The highest BCUT2D eigenvalue weighted by atomic mass is 79.9. The van der Waals surface area contributed by atoms with Crippen molar-refractivity contribution in [3.63, 3.8) is 0 Å². The van der Waals surface area contributed by atoms with Gasteiger partial charge in [-0.1, -0.05) is 0 Å². The van der Waals surface area contributed by atoms with Gasteiger partial charge in [0.2, 0.25) is 0 Å². The highest BCUT2D eigenvalue weighted by Gasteiger charge is 2.18. The van der Waals surface area contributed by atoms with E-state index in [1.54, 1.807) is 4.98 Å². The predicted molar refractivity (Wildman–Crippen MR) is 71.1 cm³/mol. The molecule has 0 saturated carbocycles. The van der Waals surface area contributed by atoms with Crippen LogP contribution in [0.2, 0.25) is 0 Å². The largest absolute Gasteiger partial charge is 0.350 e. The summed E-state index contributed by atoms with van der Waals surface area (Å²) < 4.78 is 28.0. The van der Waals surface area contributed by atoms with Crippen molar-refractivity contribution in [2.24, 2.45) is 0 Å². The van der Waals surface area contributed by atoms with Crippen molar-refractivity contribution in [3.05, 3.63) is 71.0 Å². The molecule has 0 unspecified atom stereocenters. The van der Waals surface area contributed by atoms with E-state index in [0.717, 1.165) is 12.1 Å². The third-order valence-electron chi connectivity index (χ3n) is 2.66. The van der Waals surface area contributed by atoms with E-state index in [2.05, 4.69) is 15.9 Å². The summed E-state index contributed by atoms with van der Waals surface area (Å²) in [5, 5.41) is 10.6. The Balaban J connectivity index is 2.58. The molecule has 0 radical (unpaired) electrons. The summed E-state index contributed by atoms with van der Waals surface area (Å²) in [5.41, 5.74) is -3.56. The number of rotatable bonds is 3. The second kappa shape index (κ2) is 5.56. The van der Waals surface area contributed by atoms with Crippen LogP contribution >= 0.6 is 15.9 Å². The zero-order chi connectivity index (χ0) is 15.7. The van der Waals surface area contributed by atoms with Crippen LogP contribution in [0.4, 0.5) is 14.5 Å². The Hall–Kier alpha value is -2.36. The van der Waals surface area contributed by atoms with Gasteiger partial charge in [0.05, 0.1) is 22.1 Å². The maximum Gasteiger partial charge on any atom is 0.350 e. The van der Waals surface area contributed by atoms with E-state index >= 15 is 0 Å². The number of aromatic amines is 1. The van der Waals surface area contributed by atoms with Crippen LogP contribution in [-0.2, 0) is 6.54 Å². The molecular formula is C11H6BrF2N3O4. The molecule has 0 aliphatic heterocycles. The van der Waals surface area contributed by atoms with Crippen LogP contribution in [0.3, 0.4) is 0 Å². The predicted octanol–water partition coefficient (Wildman–Crippen LogP) is 1.53. The molecule has 0 amide bonds. The van der Waals surface area contributed by atoms with Crippen molar-refractivity contribution < 1.29 is 13.7 Å². The molecule has 1 N–H and O–H groups in total. The van der Waals surface area contributed by atoms with Crippen LogP contribution in [-0.4, -0.2) is 14.5 Å². The Morgan fingerprint density at radius 2 is 2.00 bits per heavy atom. The Kier molecular flexibility index (Phi) is 3.98. The van der Waals surface area contributed by atoms with E-state index in [0.29, 0.717) is 10.8 Å². The molecule has 0 aliphatic carbocycles. The van der Waals surface area contributed by atoms with Crippen LogP contribution in [0.5, 0.6) is 0 Å². The molecule has 10 heteroatoms. The van der Waals surface area contributed by atoms with Crippen LogP contribution in [0.25, 0.3) is 0 Å². The van der Waals surface area contributed by atoms with Gasteiger partial charge in [-0.2, -0.15) is 0 Å². The topological polar surface area (TPSA) is 98.0 Å². The summed E-state index contributed by atoms with van der Waals surface area (Å²) in [7, 11) is 0. The highest BCUT2D eigenvalue weighted by Crippen LogP contribution is 2.22. The summed E-state index contributed by atoms with van der Waals surface area (Å²) in [6.45, 7) is -0.604. The van der Waals surface area contributed by atoms with Gasteiger partial charge < -0.3 is 0 Å². The van der Waals surface area contributed by atoms with Crippen LogP contribution < -0.4 is 11.2 Å². The highest BCUT2D eigenvalue weighted by molar-refractivity contribution is 9.10. The van der Waals surface area contributed by atoms with Crippen LogP contribution in [0.1, 0.15) is 5.56 Å². The van der Waals surface area contributed by atoms with Crippen molar-refractivity contribution in [2.45, 2.75) is 6.54 Å². The first-order chi connectivity index (χ1) is 9.81. The lowest BCUT2D eigenvalue weighted by Crippen LogP contribution is -2.31. The molecule has 0 atom stereocenters. The first-order valence-corrected chi connectivity index (χ1v) is 6.21. The van der Waals surface area contributed by atoms with Crippen molar-refractivity contribution in [3.8, 4) is 0 Å². The molecule has 0 aliphatic rings. The standard InChI is InChI=1S/C11H6BrF2N3O4/c12-6-1-2-7(13)5(9(6)14)3-16-4-8(17(20)21)10(18)15-11(16)19/h1-2,4H,3H2,(H,15,18,19). The molecule has 1 aromatic carbocycles. The smallest absolute Gasteiger partial charge is 0.289 e. The number of hydrogen-bond acceptors (Lipinski definition) is 4. The van der Waals surface area contributed by atoms with E-state index in [1.165, 1.54) is 0 Å². The normalized spacial score (nSPS) is 10.6. The number of nitrogens with one attached hydrogen (secondary N) is 1. The summed E-state index contributed by atoms with van der Waals surface area (Å²) in [4.78, 5) is 34.1. The second-order valence-corrected chi connectivity index (χ2v) is 4.83. The minimum atomic E-state index is -1.18. The van der Waals surface area contributed by atoms with Gasteiger partial charge in [0.15, 0.2) is 0 Å². The lowest BCUT2D eigenvalue weighted by molar-refractivity contribution is -0.386. The fraction of sp³-hybridized carbons (Fsp3) is 0.0909. The fourth-order valence-corrected chi connectivity index (χ4v) is 2.00. The van der Waals surface area contributed by atoms with Crippen molar-refractivity contribution in [1.82, 2.24) is 9.55 Å². The molecule has 0 saturated heterocycles. The van der Waals surface area contributed by atoms with Crippen molar-refractivity contribution in [1.29, 1.82) is 0 Å². The zero-order valence-corrected chi connectivity index (χ0v) is 11.7. The maximum atomic E-state index is 13.8. The summed E-state index contributed by atoms with van der Waals surface area (Å²) in [6.07, 6.45) is 0.640. The van der Waals surface area contributed by atoms with Gasteiger partial charge >= 0.3 is 16.9 Å². The minimum Gasteiger partial charge on any atom is -0.289 e. The van der Waals surface area contributed by atoms with Gasteiger partial charge in [-0.25, -0.2) is 13.6 Å². The number of benzene rings is 1. The first-order valence-electron chi connectivity index (χ1n) is 5.41. The Morgan fingerprint density at radius 1 is 1.33 bits per heavy atom. The van der Waals surface area contributed by atoms with Gasteiger partial charge in [0.1, 0.15) is 11.6 Å². The summed E-state index contributed by atoms with van der Waals surface area (Å²) in [6, 6.07) is 2.12. The number of halogens is 3. The molecule has 0 fully saturated rings. The maximum absolute atomic E-state index is 13.8. The molecule has 1 aromatic heterocycles. The SMILES string of the molecule is O=c1[nH]c(=O)n(Cc2c(F)ccc(Br)c2F)cc1[N+](=O)[O-]. The van der Waals surface area contributed by atoms with E-state index in [9.17, 15) is 28.5 Å². The third-order valence-corrected chi connectivity index (χ3v) is 3.27. The summed E-state index contributed by atoms with van der Waals surface area (Å²) in [5.74, 6) is -1.85. The number of aromatic nitrogens is 2. The molecular weight excluding hydrogens is 356 g/mol. The molecule has 21 heavy (non-hydrogen) atoms. The van der Waals surface area contributed by atoms with E-state index < -0.39 is 45.6 Å². The van der Waals surface area contributed by atoms with Gasteiger partial charge in [0.25, 0.3) is 0 Å². The Morgan fingerprint density at radius 3 is 2.62 bits per heavy atom. The van der Waals surface area contributed by atoms with Gasteiger partial charge in [-0.3, -0.25) is 24.5 Å². The summed E-state index contributed by atoms with van der Waals surface area (Å²) >= 11 is 2.87.